The molecule has 0 unspecified atom stereocenters. The molecule has 0 radical (unpaired) electrons. The number of amides is 1. The summed E-state index contributed by atoms with van der Waals surface area (Å²) in [6, 6.07) is 11.5. The summed E-state index contributed by atoms with van der Waals surface area (Å²) in [4.78, 5) is 38.9. The van der Waals surface area contributed by atoms with E-state index in [-0.39, 0.29) is 11.3 Å². The van der Waals surface area contributed by atoms with Crippen LogP contribution in [0.2, 0.25) is 0 Å². The van der Waals surface area contributed by atoms with Gasteiger partial charge in [-0.3, -0.25) is 14.9 Å². The second-order valence-corrected chi connectivity index (χ2v) is 7.28. The van der Waals surface area contributed by atoms with Crippen LogP contribution >= 0.6 is 11.3 Å². The van der Waals surface area contributed by atoms with Gasteiger partial charge in [0.1, 0.15) is 5.69 Å². The largest absolute Gasteiger partial charge is 0.452 e. The molecule has 10 heteroatoms. The fourth-order valence-electron chi connectivity index (χ4n) is 2.58. The fourth-order valence-corrected chi connectivity index (χ4v) is 3.32. The molecule has 0 bridgehead atoms. The molecule has 1 amide bonds. The lowest BCUT2D eigenvalue weighted by Crippen LogP contribution is -2.20. The summed E-state index contributed by atoms with van der Waals surface area (Å²) in [6.07, 6.45) is 1.82. The summed E-state index contributed by atoms with van der Waals surface area (Å²) in [5.41, 5.74) is 7.16. The average molecular weight is 426 g/mol. The molecule has 30 heavy (non-hydrogen) atoms. The third kappa shape index (κ3) is 5.17. The van der Waals surface area contributed by atoms with E-state index >= 15 is 0 Å². The number of aryl methyl sites for hydroxylation is 1. The predicted octanol–water partition coefficient (Wildman–Crippen LogP) is 2.68. The first kappa shape index (κ1) is 20.9. The van der Waals surface area contributed by atoms with Crippen molar-refractivity contribution in [3.63, 3.8) is 0 Å². The third-order valence-corrected chi connectivity index (χ3v) is 4.94. The number of carbonyl (C=O) groups is 2. The molecule has 0 aliphatic heterocycles. The highest BCUT2D eigenvalue weighted by Gasteiger charge is 2.17. The third-order valence-electron chi connectivity index (χ3n) is 4.14. The van der Waals surface area contributed by atoms with Crippen molar-refractivity contribution in [2.24, 2.45) is 4.99 Å². The highest BCUT2D eigenvalue weighted by Crippen LogP contribution is 2.22. The Hall–Kier alpha value is -3.79. The Kier molecular flexibility index (Phi) is 6.38. The van der Waals surface area contributed by atoms with Gasteiger partial charge in [0.15, 0.2) is 11.4 Å². The summed E-state index contributed by atoms with van der Waals surface area (Å²) in [6.45, 7) is 1.97. The van der Waals surface area contributed by atoms with Crippen LogP contribution in [0.25, 0.3) is 0 Å². The van der Waals surface area contributed by atoms with Gasteiger partial charge in [-0.2, -0.15) is 4.99 Å². The predicted molar refractivity (Wildman–Crippen MR) is 111 cm³/mol. The first-order valence-electron chi connectivity index (χ1n) is 8.81. The maximum atomic E-state index is 12.1. The zero-order chi connectivity index (χ0) is 21.7. The van der Waals surface area contributed by atoms with Crippen LogP contribution in [0, 0.1) is 17.0 Å². The van der Waals surface area contributed by atoms with Crippen LogP contribution < -0.4 is 10.5 Å². The number of nitro groups is 1. The molecular weight excluding hydrogens is 408 g/mol. The zero-order valence-electron chi connectivity index (χ0n) is 16.0. The molecule has 0 saturated carbocycles. The number of nitro benzene ring substituents is 1. The van der Waals surface area contributed by atoms with E-state index < -0.39 is 29.1 Å². The first-order valence-corrected chi connectivity index (χ1v) is 9.69. The van der Waals surface area contributed by atoms with Crippen molar-refractivity contribution >= 4 is 34.6 Å². The Balaban J connectivity index is 1.66. The van der Waals surface area contributed by atoms with Crippen LogP contribution in [0.1, 0.15) is 21.5 Å². The number of hydrogen-bond acceptors (Lipinski definition) is 7. The van der Waals surface area contributed by atoms with Crippen molar-refractivity contribution in [2.45, 2.75) is 13.5 Å². The Bertz CT molecular complexity index is 1160. The van der Waals surface area contributed by atoms with Gasteiger partial charge in [0, 0.05) is 24.2 Å². The number of nitrogen functional groups attached to an aromatic ring is 1. The molecule has 2 N–H and O–H groups in total. The van der Waals surface area contributed by atoms with Gasteiger partial charge in [-0.15, -0.1) is 11.3 Å². The summed E-state index contributed by atoms with van der Waals surface area (Å²) in [5, 5.41) is 12.7. The van der Waals surface area contributed by atoms with Crippen LogP contribution in [0.15, 0.2) is 59.0 Å². The summed E-state index contributed by atoms with van der Waals surface area (Å²) < 4.78 is 6.75. The molecule has 0 fully saturated rings. The fraction of sp³-hybridized carbons (Fsp3) is 0.150. The van der Waals surface area contributed by atoms with Crippen molar-refractivity contribution in [3.05, 3.63) is 85.6 Å². The number of hydrogen-bond donors (Lipinski definition) is 1. The lowest BCUT2D eigenvalue weighted by molar-refractivity contribution is -0.383. The van der Waals surface area contributed by atoms with Crippen molar-refractivity contribution in [1.82, 2.24) is 4.57 Å². The molecule has 1 aromatic heterocycles. The van der Waals surface area contributed by atoms with E-state index in [9.17, 15) is 19.7 Å². The van der Waals surface area contributed by atoms with Crippen molar-refractivity contribution < 1.29 is 19.2 Å². The minimum atomic E-state index is -0.875. The number of nitrogens with two attached hydrogens (primary N) is 1. The lowest BCUT2D eigenvalue weighted by Gasteiger charge is -2.05. The monoisotopic (exact) mass is 426 g/mol. The maximum absolute atomic E-state index is 12.1. The van der Waals surface area contributed by atoms with Crippen molar-refractivity contribution in [2.75, 3.05) is 12.3 Å². The lowest BCUT2D eigenvalue weighted by atomic mass is 10.1. The van der Waals surface area contributed by atoms with E-state index in [2.05, 4.69) is 4.99 Å². The van der Waals surface area contributed by atoms with E-state index in [0.717, 1.165) is 17.2 Å². The van der Waals surface area contributed by atoms with Gasteiger partial charge in [-0.25, -0.2) is 4.79 Å². The topological polar surface area (TPSA) is 130 Å². The van der Waals surface area contributed by atoms with E-state index in [1.807, 2.05) is 42.0 Å². The summed E-state index contributed by atoms with van der Waals surface area (Å²) in [7, 11) is 0. The van der Waals surface area contributed by atoms with E-state index in [1.54, 1.807) is 5.38 Å². The first-order chi connectivity index (χ1) is 14.3. The van der Waals surface area contributed by atoms with Crippen LogP contribution in [0.3, 0.4) is 0 Å². The van der Waals surface area contributed by atoms with Crippen molar-refractivity contribution in [3.8, 4) is 0 Å². The quantitative estimate of drug-likeness (QED) is 0.279. The summed E-state index contributed by atoms with van der Waals surface area (Å²) in [5.74, 6) is -1.52. The number of esters is 1. The Morgan fingerprint density at radius 1 is 1.23 bits per heavy atom. The second kappa shape index (κ2) is 9.14. The van der Waals surface area contributed by atoms with Gasteiger partial charge < -0.3 is 15.0 Å². The number of carbonyl (C=O) groups excluding carboxylic acids is 2. The number of nitrogens with zero attached hydrogens (tertiary/aromatic N) is 3. The minimum Gasteiger partial charge on any atom is -0.452 e. The second-order valence-electron chi connectivity index (χ2n) is 6.41. The number of rotatable bonds is 6. The Morgan fingerprint density at radius 2 is 1.97 bits per heavy atom. The molecule has 0 aliphatic carbocycles. The normalized spacial score (nSPS) is 11.3. The molecular formula is C20H18N4O5S. The van der Waals surface area contributed by atoms with Gasteiger partial charge in [-0.05, 0) is 24.6 Å². The summed E-state index contributed by atoms with van der Waals surface area (Å²) >= 11 is 1.28. The number of anilines is 1. The molecule has 154 valence electrons. The van der Waals surface area contributed by atoms with Gasteiger partial charge in [-0.1, -0.05) is 29.8 Å². The van der Waals surface area contributed by atoms with Gasteiger partial charge in [0.05, 0.1) is 10.5 Å². The van der Waals surface area contributed by atoms with Gasteiger partial charge in [0.25, 0.3) is 11.6 Å². The van der Waals surface area contributed by atoms with Gasteiger partial charge >= 0.3 is 5.97 Å². The molecule has 9 nitrogen and oxygen atoms in total. The van der Waals surface area contributed by atoms with Crippen LogP contribution in [0.4, 0.5) is 11.4 Å². The Labute approximate surface area is 175 Å². The van der Waals surface area contributed by atoms with Crippen LogP contribution in [-0.2, 0) is 16.1 Å². The van der Waals surface area contributed by atoms with E-state index in [0.29, 0.717) is 11.3 Å². The average Bonchev–Trinajstić information content (AvgIpc) is 3.14. The maximum Gasteiger partial charge on any atom is 0.338 e. The smallest absolute Gasteiger partial charge is 0.338 e. The minimum absolute atomic E-state index is 0.0709. The van der Waals surface area contributed by atoms with Crippen molar-refractivity contribution in [1.29, 1.82) is 0 Å². The molecule has 0 spiro atoms. The molecule has 3 rings (SSSR count). The van der Waals surface area contributed by atoms with Gasteiger partial charge in [0.2, 0.25) is 0 Å². The molecule has 0 saturated heterocycles. The zero-order valence-corrected chi connectivity index (χ0v) is 16.8. The van der Waals surface area contributed by atoms with E-state index in [1.165, 1.54) is 23.5 Å². The molecule has 0 atom stereocenters. The SMILES string of the molecule is Cc1ccc(Cn2ccsc2=NC(=O)COC(=O)c2ccc(N)c([N+](=O)[O-])c2)cc1. The molecule has 1 heterocycles. The Morgan fingerprint density at radius 3 is 2.67 bits per heavy atom. The van der Waals surface area contributed by atoms with E-state index in [4.69, 9.17) is 10.5 Å². The number of ether oxygens (including phenoxy) is 1. The van der Waals surface area contributed by atoms with Crippen LogP contribution in [0.5, 0.6) is 0 Å². The number of thiazole rings is 1. The molecule has 2 aromatic carbocycles. The number of aromatic nitrogens is 1. The number of benzene rings is 2. The highest BCUT2D eigenvalue weighted by atomic mass is 32.1. The van der Waals surface area contributed by atoms with Crippen LogP contribution in [-0.4, -0.2) is 28.0 Å². The molecule has 3 aromatic rings. The standard InChI is InChI=1S/C20H18N4O5S/c1-13-2-4-14(5-3-13)11-23-8-9-30-20(23)22-18(25)12-29-19(26)15-6-7-16(21)17(10-15)24(27)28/h2-10H,11-12,21H2,1H3. The molecule has 0 aliphatic rings. The highest BCUT2D eigenvalue weighted by molar-refractivity contribution is 7.07.